The number of carboxylic acid groups (broad SMARTS) is 1. The SMILES string of the molecule is Cc1ccc(C(=O)/C=C/c2ccc(OCC(=O)[O-])cc2)cc1C. The van der Waals surface area contributed by atoms with Crippen LogP contribution in [0.5, 0.6) is 5.75 Å². The largest absolute Gasteiger partial charge is 0.546 e. The number of ether oxygens (including phenoxy) is 1. The minimum absolute atomic E-state index is 0.0645. The van der Waals surface area contributed by atoms with E-state index < -0.39 is 12.6 Å². The Kier molecular flexibility index (Phi) is 5.31. The van der Waals surface area contributed by atoms with Crippen LogP contribution < -0.4 is 9.84 Å². The van der Waals surface area contributed by atoms with Gasteiger partial charge in [-0.3, -0.25) is 4.79 Å². The fourth-order valence-corrected chi connectivity index (χ4v) is 1.98. The third-order valence-electron chi connectivity index (χ3n) is 3.46. The van der Waals surface area contributed by atoms with Crippen molar-refractivity contribution in [3.63, 3.8) is 0 Å². The molecule has 4 heteroatoms. The van der Waals surface area contributed by atoms with Gasteiger partial charge in [0.05, 0.1) is 5.97 Å². The lowest BCUT2D eigenvalue weighted by atomic mass is 10.0. The van der Waals surface area contributed by atoms with Crippen LogP contribution >= 0.6 is 0 Å². The molecule has 2 aromatic carbocycles. The molecule has 0 heterocycles. The van der Waals surface area contributed by atoms with E-state index in [1.165, 1.54) is 6.08 Å². The van der Waals surface area contributed by atoms with E-state index in [1.807, 2.05) is 32.0 Å². The highest BCUT2D eigenvalue weighted by Crippen LogP contribution is 2.14. The number of carbonyl (C=O) groups excluding carboxylic acids is 2. The van der Waals surface area contributed by atoms with Gasteiger partial charge in [0.15, 0.2) is 5.78 Å². The monoisotopic (exact) mass is 309 g/mol. The van der Waals surface area contributed by atoms with Gasteiger partial charge in [-0.25, -0.2) is 0 Å². The molecule has 0 saturated heterocycles. The van der Waals surface area contributed by atoms with Gasteiger partial charge in [0.2, 0.25) is 0 Å². The van der Waals surface area contributed by atoms with Gasteiger partial charge in [-0.2, -0.15) is 0 Å². The Morgan fingerprint density at radius 3 is 2.35 bits per heavy atom. The molecule has 2 rings (SSSR count). The number of rotatable bonds is 6. The second-order valence-corrected chi connectivity index (χ2v) is 5.23. The minimum Gasteiger partial charge on any atom is -0.546 e. The average molecular weight is 309 g/mol. The van der Waals surface area contributed by atoms with Gasteiger partial charge in [0.1, 0.15) is 12.4 Å². The maximum atomic E-state index is 12.1. The molecule has 0 spiro atoms. The Hall–Kier alpha value is -2.88. The standard InChI is InChI=1S/C19H18O4/c1-13-3-7-16(11-14(13)2)18(20)10-6-15-4-8-17(9-5-15)23-12-19(21)22/h3-11H,12H2,1-2H3,(H,21,22)/p-1/b10-6+. The smallest absolute Gasteiger partial charge is 0.185 e. The quantitative estimate of drug-likeness (QED) is 0.607. The van der Waals surface area contributed by atoms with E-state index in [2.05, 4.69) is 0 Å². The second-order valence-electron chi connectivity index (χ2n) is 5.23. The van der Waals surface area contributed by atoms with Crippen LogP contribution in [0.2, 0.25) is 0 Å². The van der Waals surface area contributed by atoms with Crippen molar-refractivity contribution in [2.75, 3.05) is 6.61 Å². The van der Waals surface area contributed by atoms with Gasteiger partial charge in [0, 0.05) is 5.56 Å². The van der Waals surface area contributed by atoms with Crippen LogP contribution in [-0.2, 0) is 4.79 Å². The number of carbonyl (C=O) groups is 2. The third kappa shape index (κ3) is 4.81. The molecular formula is C19H17O4-. The number of hydrogen-bond acceptors (Lipinski definition) is 4. The lowest BCUT2D eigenvalue weighted by Crippen LogP contribution is -2.28. The Bertz CT molecular complexity index is 742. The molecule has 0 saturated carbocycles. The minimum atomic E-state index is -1.27. The zero-order valence-electron chi connectivity index (χ0n) is 13.0. The number of ketones is 1. The molecular weight excluding hydrogens is 292 g/mol. The van der Waals surface area contributed by atoms with Crippen molar-refractivity contribution in [3.8, 4) is 5.75 Å². The van der Waals surface area contributed by atoms with Crippen LogP contribution in [-0.4, -0.2) is 18.4 Å². The van der Waals surface area contributed by atoms with Crippen LogP contribution in [0.15, 0.2) is 48.5 Å². The van der Waals surface area contributed by atoms with E-state index in [1.54, 1.807) is 30.3 Å². The Balaban J connectivity index is 2.03. The summed E-state index contributed by atoms with van der Waals surface area (Å²) >= 11 is 0. The molecule has 0 aromatic heterocycles. The molecule has 118 valence electrons. The molecule has 0 aliphatic rings. The molecule has 2 aromatic rings. The number of aliphatic carboxylic acids is 1. The highest BCUT2D eigenvalue weighted by atomic mass is 16.5. The summed E-state index contributed by atoms with van der Waals surface area (Å²) < 4.78 is 4.99. The summed E-state index contributed by atoms with van der Waals surface area (Å²) in [5.41, 5.74) is 3.71. The van der Waals surface area contributed by atoms with Gasteiger partial charge in [-0.15, -0.1) is 0 Å². The highest BCUT2D eigenvalue weighted by molar-refractivity contribution is 6.06. The molecule has 0 amide bonds. The normalized spacial score (nSPS) is 10.7. The van der Waals surface area contributed by atoms with Crippen molar-refractivity contribution in [2.24, 2.45) is 0 Å². The molecule has 0 radical (unpaired) electrons. The molecule has 0 aliphatic carbocycles. The molecule has 0 atom stereocenters. The van der Waals surface area contributed by atoms with Gasteiger partial charge >= 0.3 is 0 Å². The lowest BCUT2D eigenvalue weighted by Gasteiger charge is -2.06. The van der Waals surface area contributed by atoms with Crippen molar-refractivity contribution in [1.29, 1.82) is 0 Å². The lowest BCUT2D eigenvalue weighted by molar-refractivity contribution is -0.307. The molecule has 0 N–H and O–H groups in total. The number of allylic oxidation sites excluding steroid dienone is 1. The molecule has 23 heavy (non-hydrogen) atoms. The zero-order valence-corrected chi connectivity index (χ0v) is 13.0. The van der Waals surface area contributed by atoms with Crippen molar-refractivity contribution in [2.45, 2.75) is 13.8 Å². The van der Waals surface area contributed by atoms with Crippen molar-refractivity contribution in [1.82, 2.24) is 0 Å². The average Bonchev–Trinajstić information content (AvgIpc) is 2.54. The van der Waals surface area contributed by atoms with Crippen LogP contribution in [0.1, 0.15) is 27.0 Å². The van der Waals surface area contributed by atoms with E-state index in [-0.39, 0.29) is 5.78 Å². The molecule has 0 bridgehead atoms. The second kappa shape index (κ2) is 7.40. The highest BCUT2D eigenvalue weighted by Gasteiger charge is 2.03. The van der Waals surface area contributed by atoms with E-state index in [0.29, 0.717) is 11.3 Å². The summed E-state index contributed by atoms with van der Waals surface area (Å²) in [7, 11) is 0. The first-order valence-corrected chi connectivity index (χ1v) is 7.18. The summed E-state index contributed by atoms with van der Waals surface area (Å²) in [6, 6.07) is 12.4. The summed E-state index contributed by atoms with van der Waals surface area (Å²) in [5, 5.41) is 10.3. The topological polar surface area (TPSA) is 66.4 Å². The molecule has 4 nitrogen and oxygen atoms in total. The summed E-state index contributed by atoms with van der Waals surface area (Å²) in [6.45, 7) is 3.49. The first-order valence-electron chi connectivity index (χ1n) is 7.18. The first kappa shape index (κ1) is 16.5. The van der Waals surface area contributed by atoms with Gasteiger partial charge < -0.3 is 14.6 Å². The van der Waals surface area contributed by atoms with E-state index in [4.69, 9.17) is 4.74 Å². The van der Waals surface area contributed by atoms with Crippen LogP contribution in [0, 0.1) is 13.8 Å². The van der Waals surface area contributed by atoms with E-state index in [0.717, 1.165) is 16.7 Å². The molecule has 0 fully saturated rings. The predicted molar refractivity (Wildman–Crippen MR) is 86.2 cm³/mol. The van der Waals surface area contributed by atoms with Crippen LogP contribution in [0.3, 0.4) is 0 Å². The van der Waals surface area contributed by atoms with Gasteiger partial charge in [-0.1, -0.05) is 30.3 Å². The number of aryl methyl sites for hydroxylation is 2. The Morgan fingerprint density at radius 1 is 1.04 bits per heavy atom. The van der Waals surface area contributed by atoms with Crippen LogP contribution in [0.25, 0.3) is 6.08 Å². The van der Waals surface area contributed by atoms with Gasteiger partial charge in [-0.05, 0) is 54.8 Å². The maximum absolute atomic E-state index is 12.1. The fourth-order valence-electron chi connectivity index (χ4n) is 1.98. The summed E-state index contributed by atoms with van der Waals surface area (Å²) in [6.07, 6.45) is 3.22. The first-order chi connectivity index (χ1) is 11.0. The van der Waals surface area contributed by atoms with Crippen molar-refractivity contribution >= 4 is 17.8 Å². The fraction of sp³-hybridized carbons (Fsp3) is 0.158. The maximum Gasteiger partial charge on any atom is 0.185 e. The van der Waals surface area contributed by atoms with Crippen molar-refractivity contribution in [3.05, 3.63) is 70.8 Å². The summed E-state index contributed by atoms with van der Waals surface area (Å²) in [5.74, 6) is -0.898. The molecule has 0 aliphatic heterocycles. The van der Waals surface area contributed by atoms with Gasteiger partial charge in [0.25, 0.3) is 0 Å². The number of benzene rings is 2. The van der Waals surface area contributed by atoms with Crippen LogP contribution in [0.4, 0.5) is 0 Å². The molecule has 0 unspecified atom stereocenters. The third-order valence-corrected chi connectivity index (χ3v) is 3.46. The summed E-state index contributed by atoms with van der Waals surface area (Å²) in [4.78, 5) is 22.5. The number of carboxylic acids is 1. The van der Waals surface area contributed by atoms with Crippen molar-refractivity contribution < 1.29 is 19.4 Å². The zero-order chi connectivity index (χ0) is 16.8. The Morgan fingerprint density at radius 2 is 1.74 bits per heavy atom. The van der Waals surface area contributed by atoms with E-state index in [9.17, 15) is 14.7 Å². The number of hydrogen-bond donors (Lipinski definition) is 0. The predicted octanol–water partition coefficient (Wildman–Crippen LogP) is 2.33. The van der Waals surface area contributed by atoms with E-state index >= 15 is 0 Å². The Labute approximate surface area is 135 Å².